The van der Waals surface area contributed by atoms with E-state index >= 15 is 0 Å². The van der Waals surface area contributed by atoms with Crippen molar-refractivity contribution in [2.45, 2.75) is 24.9 Å². The van der Waals surface area contributed by atoms with Gasteiger partial charge in [0.15, 0.2) is 5.11 Å². The maximum absolute atomic E-state index is 11.6. The first-order valence-corrected chi connectivity index (χ1v) is 11.3. The van der Waals surface area contributed by atoms with Gasteiger partial charge in [-0.3, -0.25) is 9.78 Å². The number of nitrogens with one attached hydrogen (secondary N) is 1. The average molecular weight is 499 g/mol. The highest BCUT2D eigenvalue weighted by molar-refractivity contribution is 9.10. The average Bonchev–Trinajstić information content (AvgIpc) is 3.39. The normalized spacial score (nSPS) is 18.1. The maximum atomic E-state index is 11.6. The van der Waals surface area contributed by atoms with Crippen molar-refractivity contribution in [3.8, 4) is 5.69 Å². The van der Waals surface area contributed by atoms with Crippen molar-refractivity contribution in [2.75, 3.05) is 13.7 Å². The molecule has 1 aliphatic heterocycles. The fourth-order valence-corrected chi connectivity index (χ4v) is 4.53. The van der Waals surface area contributed by atoms with Crippen molar-refractivity contribution in [3.05, 3.63) is 82.9 Å². The third-order valence-electron chi connectivity index (χ3n) is 5.39. The van der Waals surface area contributed by atoms with Crippen LogP contribution in [0.2, 0.25) is 0 Å². The Kier molecular flexibility index (Phi) is 6.67. The Morgan fingerprint density at radius 3 is 2.71 bits per heavy atom. The van der Waals surface area contributed by atoms with Crippen molar-refractivity contribution in [1.29, 1.82) is 0 Å². The first kappa shape index (κ1) is 21.5. The molecule has 1 fully saturated rings. The van der Waals surface area contributed by atoms with Crippen LogP contribution in [0.1, 0.15) is 36.3 Å². The standard InChI is InChI=1S/C23H23BrN4O2S/c1-30-20(29)8-5-15-28-22(21(26-23(28)31)18-6-2-3-13-25-18)19-7-4-14-27(19)17-11-9-16(24)10-12-17/h2-4,6-7,9-14,21-22H,5,8,15H2,1H3,(H,26,31)/t21-,22-/m0/s1. The lowest BCUT2D eigenvalue weighted by Gasteiger charge is -2.29. The van der Waals surface area contributed by atoms with E-state index in [1.54, 1.807) is 6.20 Å². The number of rotatable bonds is 7. The molecule has 0 saturated carbocycles. The molecule has 1 aromatic carbocycles. The lowest BCUT2D eigenvalue weighted by Crippen LogP contribution is -2.31. The van der Waals surface area contributed by atoms with Crippen LogP contribution in [0, 0.1) is 0 Å². The minimum Gasteiger partial charge on any atom is -0.469 e. The van der Waals surface area contributed by atoms with Crippen LogP contribution >= 0.6 is 28.1 Å². The molecule has 1 saturated heterocycles. The third-order valence-corrected chi connectivity index (χ3v) is 6.27. The summed E-state index contributed by atoms with van der Waals surface area (Å²) in [6.07, 6.45) is 4.86. The van der Waals surface area contributed by atoms with Gasteiger partial charge in [0, 0.05) is 41.2 Å². The van der Waals surface area contributed by atoms with E-state index in [1.165, 1.54) is 7.11 Å². The van der Waals surface area contributed by atoms with Crippen molar-refractivity contribution >= 4 is 39.2 Å². The van der Waals surface area contributed by atoms with Crippen LogP contribution < -0.4 is 5.32 Å². The predicted octanol–water partition coefficient (Wildman–Crippen LogP) is 4.56. The first-order valence-electron chi connectivity index (χ1n) is 10.1. The maximum Gasteiger partial charge on any atom is 0.305 e. The smallest absolute Gasteiger partial charge is 0.305 e. The first-order chi connectivity index (χ1) is 15.1. The van der Waals surface area contributed by atoms with Crippen LogP contribution in [-0.2, 0) is 9.53 Å². The summed E-state index contributed by atoms with van der Waals surface area (Å²) >= 11 is 9.21. The summed E-state index contributed by atoms with van der Waals surface area (Å²) in [5, 5.41) is 4.12. The van der Waals surface area contributed by atoms with Gasteiger partial charge >= 0.3 is 5.97 Å². The van der Waals surface area contributed by atoms with Crippen molar-refractivity contribution < 1.29 is 9.53 Å². The molecular weight excluding hydrogens is 476 g/mol. The van der Waals surface area contributed by atoms with Crippen LogP contribution in [-0.4, -0.2) is 39.2 Å². The number of nitrogens with zero attached hydrogens (tertiary/aromatic N) is 3. The second-order valence-corrected chi connectivity index (χ2v) is 8.58. The largest absolute Gasteiger partial charge is 0.469 e. The quantitative estimate of drug-likeness (QED) is 0.380. The molecule has 0 bridgehead atoms. The van der Waals surface area contributed by atoms with Crippen LogP contribution in [0.15, 0.2) is 71.5 Å². The number of benzene rings is 1. The number of carbonyl (C=O) groups is 1. The molecule has 3 heterocycles. The molecule has 0 unspecified atom stereocenters. The predicted molar refractivity (Wildman–Crippen MR) is 127 cm³/mol. The summed E-state index contributed by atoms with van der Waals surface area (Å²) in [6.45, 7) is 0.639. The van der Waals surface area contributed by atoms with Crippen LogP contribution in [0.5, 0.6) is 0 Å². The molecule has 2 aromatic heterocycles. The van der Waals surface area contributed by atoms with Crippen molar-refractivity contribution in [2.24, 2.45) is 0 Å². The number of hydrogen-bond acceptors (Lipinski definition) is 4. The summed E-state index contributed by atoms with van der Waals surface area (Å²) in [5.74, 6) is -0.214. The van der Waals surface area contributed by atoms with E-state index in [0.717, 1.165) is 21.5 Å². The Bertz CT molecular complexity index is 1050. The van der Waals surface area contributed by atoms with Crippen LogP contribution in [0.3, 0.4) is 0 Å². The Morgan fingerprint density at radius 2 is 2.00 bits per heavy atom. The fourth-order valence-electron chi connectivity index (χ4n) is 3.94. The number of methoxy groups -OCH3 is 1. The van der Waals surface area contributed by atoms with E-state index in [9.17, 15) is 4.79 Å². The summed E-state index contributed by atoms with van der Waals surface area (Å²) < 4.78 is 8.00. The number of thiocarbonyl (C=S) groups is 1. The fraction of sp³-hybridized carbons (Fsp3) is 0.261. The van der Waals surface area contributed by atoms with Crippen molar-refractivity contribution in [3.63, 3.8) is 0 Å². The van der Waals surface area contributed by atoms with Gasteiger partial charge in [0.25, 0.3) is 0 Å². The molecule has 8 heteroatoms. The molecule has 0 spiro atoms. The Hall–Kier alpha value is -2.71. The number of ether oxygens (including phenoxy) is 1. The number of esters is 1. The number of pyridine rings is 1. The summed E-state index contributed by atoms with van der Waals surface area (Å²) in [7, 11) is 1.41. The molecule has 1 aliphatic rings. The molecule has 2 atom stereocenters. The zero-order chi connectivity index (χ0) is 21.8. The monoisotopic (exact) mass is 498 g/mol. The van der Waals surface area contributed by atoms with Crippen LogP contribution in [0.4, 0.5) is 0 Å². The molecule has 3 aromatic rings. The second-order valence-electron chi connectivity index (χ2n) is 7.28. The van der Waals surface area contributed by atoms with E-state index in [1.807, 2.05) is 36.4 Å². The summed E-state index contributed by atoms with van der Waals surface area (Å²) in [6, 6.07) is 18.1. The van der Waals surface area contributed by atoms with Gasteiger partial charge in [0.1, 0.15) is 0 Å². The van der Waals surface area contributed by atoms with E-state index in [0.29, 0.717) is 24.5 Å². The molecule has 4 rings (SSSR count). The van der Waals surface area contributed by atoms with Gasteiger partial charge < -0.3 is 19.5 Å². The number of aromatic nitrogens is 2. The number of carbonyl (C=O) groups excluding carboxylic acids is 1. The molecule has 1 N–H and O–H groups in total. The zero-order valence-electron chi connectivity index (χ0n) is 17.1. The number of hydrogen-bond donors (Lipinski definition) is 1. The molecule has 160 valence electrons. The second kappa shape index (κ2) is 9.62. The zero-order valence-corrected chi connectivity index (χ0v) is 19.5. The van der Waals surface area contributed by atoms with Gasteiger partial charge in [0.2, 0.25) is 0 Å². The lowest BCUT2D eigenvalue weighted by molar-refractivity contribution is -0.140. The summed E-state index contributed by atoms with van der Waals surface area (Å²) in [5.41, 5.74) is 3.09. The Balaban J connectivity index is 1.70. The lowest BCUT2D eigenvalue weighted by atomic mass is 10.0. The van der Waals surface area contributed by atoms with Gasteiger partial charge in [-0.1, -0.05) is 22.0 Å². The molecule has 31 heavy (non-hydrogen) atoms. The molecular formula is C23H23BrN4O2S. The summed E-state index contributed by atoms with van der Waals surface area (Å²) in [4.78, 5) is 18.4. The molecule has 6 nitrogen and oxygen atoms in total. The Morgan fingerprint density at radius 1 is 1.19 bits per heavy atom. The third kappa shape index (κ3) is 4.65. The van der Waals surface area contributed by atoms with Crippen LogP contribution in [0.25, 0.3) is 5.69 Å². The van der Waals surface area contributed by atoms with E-state index in [4.69, 9.17) is 17.0 Å². The van der Waals surface area contributed by atoms with Gasteiger partial charge in [-0.2, -0.15) is 0 Å². The molecule has 0 amide bonds. The van der Waals surface area contributed by atoms with Gasteiger partial charge in [0.05, 0.1) is 24.9 Å². The van der Waals surface area contributed by atoms with E-state index < -0.39 is 0 Å². The molecule has 0 aliphatic carbocycles. The van der Waals surface area contributed by atoms with Gasteiger partial charge in [-0.15, -0.1) is 0 Å². The minimum absolute atomic E-state index is 0.0707. The topological polar surface area (TPSA) is 59.4 Å². The van der Waals surface area contributed by atoms with Crippen molar-refractivity contribution in [1.82, 2.24) is 19.8 Å². The molecule has 0 radical (unpaired) electrons. The van der Waals surface area contributed by atoms with Gasteiger partial charge in [-0.05, 0) is 67.2 Å². The SMILES string of the molecule is COC(=O)CCCN1C(=S)N[C@@H](c2ccccn2)[C@@H]1c1cccn1-c1ccc(Br)cc1. The highest BCUT2D eigenvalue weighted by atomic mass is 79.9. The van der Waals surface area contributed by atoms with E-state index in [-0.39, 0.29) is 18.1 Å². The van der Waals surface area contributed by atoms with Gasteiger partial charge in [-0.25, -0.2) is 0 Å². The highest BCUT2D eigenvalue weighted by Gasteiger charge is 2.41. The highest BCUT2D eigenvalue weighted by Crippen LogP contribution is 2.39. The van der Waals surface area contributed by atoms with E-state index in [2.05, 4.69) is 60.1 Å². The minimum atomic E-state index is -0.214. The Labute approximate surface area is 195 Å². The number of halogens is 1.